The number of amides is 1. The van der Waals surface area contributed by atoms with Crippen molar-refractivity contribution in [2.24, 2.45) is 0 Å². The molecule has 0 saturated carbocycles. The van der Waals surface area contributed by atoms with Crippen LogP contribution in [-0.4, -0.2) is 34.6 Å². The van der Waals surface area contributed by atoms with E-state index in [1.807, 2.05) is 17.9 Å². The fourth-order valence-electron chi connectivity index (χ4n) is 2.60. The van der Waals surface area contributed by atoms with Gasteiger partial charge in [0.2, 0.25) is 0 Å². The highest BCUT2D eigenvalue weighted by Crippen LogP contribution is 2.26. The molecule has 1 amide bonds. The summed E-state index contributed by atoms with van der Waals surface area (Å²) in [6, 6.07) is 2.01. The Bertz CT molecular complexity index is 465. The molecule has 0 aromatic carbocycles. The zero-order chi connectivity index (χ0) is 14.0. The van der Waals surface area contributed by atoms with E-state index in [0.29, 0.717) is 13.0 Å². The molecule has 106 valence electrons. The smallest absolute Gasteiger partial charge is 0.263 e. The molecule has 4 heteroatoms. The second-order valence-corrected chi connectivity index (χ2v) is 6.85. The minimum absolute atomic E-state index is 0.130. The van der Waals surface area contributed by atoms with Crippen molar-refractivity contribution in [3.8, 4) is 0 Å². The molecule has 2 heterocycles. The molecule has 0 bridgehead atoms. The van der Waals surface area contributed by atoms with Crippen LogP contribution in [0.4, 0.5) is 0 Å². The van der Waals surface area contributed by atoms with E-state index in [1.165, 1.54) is 10.4 Å². The van der Waals surface area contributed by atoms with Crippen LogP contribution in [-0.2, 0) is 6.42 Å². The lowest BCUT2D eigenvalue weighted by atomic mass is 9.98. The van der Waals surface area contributed by atoms with Crippen LogP contribution in [0.5, 0.6) is 0 Å². The van der Waals surface area contributed by atoms with Crippen LogP contribution in [0, 0.1) is 6.92 Å². The molecule has 1 aliphatic rings. The molecule has 19 heavy (non-hydrogen) atoms. The summed E-state index contributed by atoms with van der Waals surface area (Å²) in [5.41, 5.74) is 0.604. The lowest BCUT2D eigenvalue weighted by Gasteiger charge is -2.22. The van der Waals surface area contributed by atoms with Gasteiger partial charge in [-0.15, -0.1) is 11.3 Å². The molecule has 1 saturated heterocycles. The summed E-state index contributed by atoms with van der Waals surface area (Å²) in [5.74, 6) is 0.130. The molecule has 1 aromatic heterocycles. The summed E-state index contributed by atoms with van der Waals surface area (Å²) in [6.07, 6.45) is 3.31. The number of carbonyl (C=O) groups excluding carboxylic acids is 1. The molecule has 1 aliphatic heterocycles. The monoisotopic (exact) mass is 281 g/mol. The van der Waals surface area contributed by atoms with Crippen molar-refractivity contribution in [3.05, 3.63) is 21.4 Å². The number of aliphatic hydroxyl groups is 1. The number of thiophene rings is 1. The van der Waals surface area contributed by atoms with E-state index in [1.54, 1.807) is 11.3 Å². The Morgan fingerprint density at radius 1 is 1.47 bits per heavy atom. The molecule has 1 N–H and O–H groups in total. The van der Waals surface area contributed by atoms with Gasteiger partial charge < -0.3 is 10.0 Å². The summed E-state index contributed by atoms with van der Waals surface area (Å²) in [7, 11) is 0. The SMILES string of the molecule is CCc1sc(C(=O)N2CCCC(C)(O)CC2)cc1C. The Labute approximate surface area is 119 Å². The number of nitrogens with zero attached hydrogens (tertiary/aromatic N) is 1. The van der Waals surface area contributed by atoms with Gasteiger partial charge in [-0.2, -0.15) is 0 Å². The number of hydrogen-bond acceptors (Lipinski definition) is 3. The fourth-order valence-corrected chi connectivity index (χ4v) is 3.68. The molecule has 1 aromatic rings. The van der Waals surface area contributed by atoms with Crippen molar-refractivity contribution < 1.29 is 9.90 Å². The maximum atomic E-state index is 12.5. The number of carbonyl (C=O) groups is 1. The van der Waals surface area contributed by atoms with E-state index in [-0.39, 0.29) is 5.91 Å². The van der Waals surface area contributed by atoms with Crippen molar-refractivity contribution in [2.45, 2.75) is 52.1 Å². The summed E-state index contributed by atoms with van der Waals surface area (Å²) in [6.45, 7) is 7.47. The minimum Gasteiger partial charge on any atom is -0.390 e. The van der Waals surface area contributed by atoms with Crippen LogP contribution in [0.25, 0.3) is 0 Å². The molecule has 2 rings (SSSR count). The molecular weight excluding hydrogens is 258 g/mol. The van der Waals surface area contributed by atoms with Gasteiger partial charge >= 0.3 is 0 Å². The molecule has 3 nitrogen and oxygen atoms in total. The Morgan fingerprint density at radius 2 is 2.21 bits per heavy atom. The molecular formula is C15H23NO2S. The second-order valence-electron chi connectivity index (χ2n) is 5.71. The maximum Gasteiger partial charge on any atom is 0.263 e. The standard InChI is InChI=1S/C15H23NO2S/c1-4-12-11(2)10-13(19-12)14(17)16-8-5-6-15(3,18)7-9-16/h10,18H,4-9H2,1-3H3. The minimum atomic E-state index is -0.616. The highest BCUT2D eigenvalue weighted by molar-refractivity contribution is 7.14. The fraction of sp³-hybridized carbons (Fsp3) is 0.667. The summed E-state index contributed by atoms with van der Waals surface area (Å²) < 4.78 is 0. The average Bonchev–Trinajstić information content (AvgIpc) is 2.63. The highest BCUT2D eigenvalue weighted by Gasteiger charge is 2.28. The van der Waals surface area contributed by atoms with E-state index >= 15 is 0 Å². The van der Waals surface area contributed by atoms with Gasteiger partial charge in [0.25, 0.3) is 5.91 Å². The maximum absolute atomic E-state index is 12.5. The third-order valence-corrected chi connectivity index (χ3v) is 5.27. The molecule has 1 unspecified atom stereocenters. The van der Waals surface area contributed by atoms with Gasteiger partial charge in [-0.25, -0.2) is 0 Å². The average molecular weight is 281 g/mol. The Hall–Kier alpha value is -0.870. The summed E-state index contributed by atoms with van der Waals surface area (Å²) >= 11 is 1.61. The second kappa shape index (κ2) is 5.63. The first kappa shape index (κ1) is 14.5. The number of likely N-dealkylation sites (tertiary alicyclic amines) is 1. The lowest BCUT2D eigenvalue weighted by molar-refractivity contribution is 0.0438. The molecule has 0 aliphatic carbocycles. The zero-order valence-corrected chi connectivity index (χ0v) is 12.8. The lowest BCUT2D eigenvalue weighted by Crippen LogP contribution is -2.33. The van der Waals surface area contributed by atoms with Crippen LogP contribution in [0.15, 0.2) is 6.07 Å². The third kappa shape index (κ3) is 3.37. The van der Waals surface area contributed by atoms with Crippen LogP contribution in [0.2, 0.25) is 0 Å². The van der Waals surface area contributed by atoms with Crippen LogP contribution in [0.3, 0.4) is 0 Å². The van der Waals surface area contributed by atoms with Crippen molar-refractivity contribution in [1.29, 1.82) is 0 Å². The summed E-state index contributed by atoms with van der Waals surface area (Å²) in [5, 5.41) is 10.1. The number of hydrogen-bond donors (Lipinski definition) is 1. The first-order valence-electron chi connectivity index (χ1n) is 7.04. The van der Waals surface area contributed by atoms with Gasteiger partial charge in [-0.3, -0.25) is 4.79 Å². The van der Waals surface area contributed by atoms with Crippen molar-refractivity contribution in [3.63, 3.8) is 0 Å². The third-order valence-electron chi connectivity index (χ3n) is 3.90. The van der Waals surface area contributed by atoms with Crippen molar-refractivity contribution in [2.75, 3.05) is 13.1 Å². The van der Waals surface area contributed by atoms with Gasteiger partial charge in [0.15, 0.2) is 0 Å². The highest BCUT2D eigenvalue weighted by atomic mass is 32.1. The Kier molecular flexibility index (Phi) is 4.31. The Balaban J connectivity index is 2.10. The summed E-state index contributed by atoms with van der Waals surface area (Å²) in [4.78, 5) is 16.5. The number of aryl methyl sites for hydroxylation is 2. The van der Waals surface area contributed by atoms with Gasteiger partial charge in [0.1, 0.15) is 0 Å². The van der Waals surface area contributed by atoms with E-state index in [9.17, 15) is 9.90 Å². The van der Waals surface area contributed by atoms with Crippen LogP contribution >= 0.6 is 11.3 Å². The topological polar surface area (TPSA) is 40.5 Å². The van der Waals surface area contributed by atoms with Gasteiger partial charge in [0, 0.05) is 18.0 Å². The predicted molar refractivity (Wildman–Crippen MR) is 78.8 cm³/mol. The number of rotatable bonds is 2. The van der Waals surface area contributed by atoms with E-state index in [2.05, 4.69) is 13.8 Å². The van der Waals surface area contributed by atoms with Gasteiger partial charge in [-0.05, 0) is 51.2 Å². The first-order chi connectivity index (χ1) is 8.93. The van der Waals surface area contributed by atoms with Gasteiger partial charge in [0.05, 0.1) is 10.5 Å². The largest absolute Gasteiger partial charge is 0.390 e. The zero-order valence-electron chi connectivity index (χ0n) is 12.0. The molecule has 1 fully saturated rings. The van der Waals surface area contributed by atoms with E-state index in [0.717, 1.165) is 30.7 Å². The Morgan fingerprint density at radius 3 is 2.84 bits per heavy atom. The van der Waals surface area contributed by atoms with E-state index in [4.69, 9.17) is 0 Å². The van der Waals surface area contributed by atoms with Crippen molar-refractivity contribution in [1.82, 2.24) is 4.90 Å². The predicted octanol–water partition coefficient (Wildman–Crippen LogP) is 3.00. The quantitative estimate of drug-likeness (QED) is 0.905. The van der Waals surface area contributed by atoms with Gasteiger partial charge in [-0.1, -0.05) is 6.92 Å². The first-order valence-corrected chi connectivity index (χ1v) is 7.85. The molecule has 0 spiro atoms. The molecule has 0 radical (unpaired) electrons. The van der Waals surface area contributed by atoms with E-state index < -0.39 is 5.60 Å². The normalized spacial score (nSPS) is 24.3. The van der Waals surface area contributed by atoms with Crippen LogP contribution in [0.1, 0.15) is 53.2 Å². The van der Waals surface area contributed by atoms with Crippen molar-refractivity contribution >= 4 is 17.2 Å². The molecule has 1 atom stereocenters. The van der Waals surface area contributed by atoms with Crippen LogP contribution < -0.4 is 0 Å².